The smallest absolute Gasteiger partial charge is 0.0752 e. The average Bonchev–Trinajstić information content (AvgIpc) is 3.05. The molecule has 0 spiro atoms. The molecule has 0 unspecified atom stereocenters. The lowest BCUT2D eigenvalue weighted by atomic mass is 9.88. The lowest BCUT2D eigenvalue weighted by molar-refractivity contribution is -0.0195. The molecule has 142 valence electrons. The molecule has 0 radical (unpaired) electrons. The molecule has 3 heterocycles. The van der Waals surface area contributed by atoms with E-state index < -0.39 is 0 Å². The van der Waals surface area contributed by atoms with E-state index in [0.717, 1.165) is 41.1 Å². The number of fused-ring (bicyclic) bond motifs is 1. The number of rotatable bonds is 2. The molecule has 0 aromatic heterocycles. The van der Waals surface area contributed by atoms with Crippen LogP contribution in [0.25, 0.3) is 5.57 Å². The van der Waals surface area contributed by atoms with E-state index in [2.05, 4.69) is 37.4 Å². The average molecular weight is 364 g/mol. The van der Waals surface area contributed by atoms with Crippen LogP contribution in [0.1, 0.15) is 52.0 Å². The molecule has 1 saturated heterocycles. The highest BCUT2D eigenvalue weighted by molar-refractivity contribution is 5.72. The molecule has 0 saturated carbocycles. The minimum atomic E-state index is 0.385. The second-order valence-corrected chi connectivity index (χ2v) is 8.17. The van der Waals surface area contributed by atoms with Crippen molar-refractivity contribution in [2.24, 2.45) is 10.9 Å². The minimum Gasteiger partial charge on any atom is -0.317 e. The summed E-state index contributed by atoms with van der Waals surface area (Å²) in [7, 11) is 0. The Morgan fingerprint density at radius 2 is 1.78 bits per heavy atom. The van der Waals surface area contributed by atoms with E-state index in [1.807, 2.05) is 26.0 Å². The Balaban J connectivity index is 1.88. The van der Waals surface area contributed by atoms with E-state index in [0.29, 0.717) is 11.8 Å². The van der Waals surface area contributed by atoms with Gasteiger partial charge in [0.15, 0.2) is 0 Å². The molecule has 0 bridgehead atoms. The number of allylic oxidation sites excluding steroid dienone is 6. The summed E-state index contributed by atoms with van der Waals surface area (Å²) >= 11 is 0. The van der Waals surface area contributed by atoms with E-state index in [9.17, 15) is 5.21 Å². The van der Waals surface area contributed by atoms with Crippen LogP contribution in [0.15, 0.2) is 58.0 Å². The topological polar surface area (TPSA) is 47.9 Å². The van der Waals surface area contributed by atoms with Gasteiger partial charge in [0.25, 0.3) is 0 Å². The lowest BCUT2D eigenvalue weighted by Crippen LogP contribution is -2.29. The van der Waals surface area contributed by atoms with Gasteiger partial charge in [-0.3, -0.25) is 5.21 Å². The maximum Gasteiger partial charge on any atom is 0.0752 e. The molecule has 3 aliphatic heterocycles. The fourth-order valence-corrected chi connectivity index (χ4v) is 4.42. The van der Waals surface area contributed by atoms with Crippen molar-refractivity contribution < 1.29 is 5.21 Å². The summed E-state index contributed by atoms with van der Waals surface area (Å²) in [6, 6.07) is 6.84. The van der Waals surface area contributed by atoms with Crippen molar-refractivity contribution in [2.45, 2.75) is 46.5 Å². The zero-order chi connectivity index (χ0) is 19.1. The zero-order valence-corrected chi connectivity index (χ0v) is 16.7. The van der Waals surface area contributed by atoms with Gasteiger partial charge in [0.1, 0.15) is 0 Å². The van der Waals surface area contributed by atoms with Gasteiger partial charge >= 0.3 is 0 Å². The Labute approximate surface area is 161 Å². The molecule has 1 aromatic rings. The first-order chi connectivity index (χ1) is 13.0. The van der Waals surface area contributed by atoms with Crippen molar-refractivity contribution >= 4 is 5.57 Å². The van der Waals surface area contributed by atoms with Crippen LogP contribution in [0.5, 0.6) is 0 Å². The van der Waals surface area contributed by atoms with E-state index in [1.54, 1.807) is 0 Å². The third kappa shape index (κ3) is 3.28. The van der Waals surface area contributed by atoms with Gasteiger partial charge < -0.3 is 5.32 Å². The number of piperidine rings is 1. The van der Waals surface area contributed by atoms with Gasteiger partial charge in [0.2, 0.25) is 0 Å². The summed E-state index contributed by atoms with van der Waals surface area (Å²) < 4.78 is 0. The Bertz CT molecular complexity index is 953. The van der Waals surface area contributed by atoms with Crippen LogP contribution in [-0.4, -0.2) is 23.4 Å². The summed E-state index contributed by atoms with van der Waals surface area (Å²) in [6.07, 6.45) is 6.45. The highest BCUT2D eigenvalue weighted by atomic mass is 16.5. The van der Waals surface area contributed by atoms with E-state index in [1.165, 1.54) is 34.3 Å². The third-order valence-electron chi connectivity index (χ3n) is 5.86. The van der Waals surface area contributed by atoms with Gasteiger partial charge in [0, 0.05) is 22.2 Å². The summed E-state index contributed by atoms with van der Waals surface area (Å²) in [6.45, 7) is 10.5. The highest BCUT2D eigenvalue weighted by Gasteiger charge is 2.23. The number of nitrogens with zero attached hydrogens (tertiary/aromatic N) is 2. The lowest BCUT2D eigenvalue weighted by Gasteiger charge is -2.24. The summed E-state index contributed by atoms with van der Waals surface area (Å²) in [5.74, 6) is 1.03. The number of hydroxylamine groups is 2. The van der Waals surface area contributed by atoms with Gasteiger partial charge in [-0.1, -0.05) is 19.9 Å². The molecule has 1 aromatic carbocycles. The summed E-state index contributed by atoms with van der Waals surface area (Å²) in [5, 5.41) is 17.1. The molecule has 4 rings (SSSR count). The molecular weight excluding hydrogens is 334 g/mol. The number of nitrogens with one attached hydrogen (secondary N) is 1. The second kappa shape index (κ2) is 7.10. The van der Waals surface area contributed by atoms with Crippen LogP contribution in [0.2, 0.25) is 0 Å². The maximum atomic E-state index is 10.1. The fraction of sp³-hybridized carbons (Fsp3) is 0.435. The van der Waals surface area contributed by atoms with Crippen molar-refractivity contribution in [3.05, 3.63) is 69.2 Å². The molecule has 27 heavy (non-hydrogen) atoms. The number of hydrogen-bond acceptors (Lipinski definition) is 4. The molecule has 2 N–H and O–H groups in total. The maximum absolute atomic E-state index is 10.1. The Kier molecular flexibility index (Phi) is 4.79. The number of hydrogen-bond donors (Lipinski definition) is 2. The zero-order valence-electron chi connectivity index (χ0n) is 16.7. The molecule has 4 nitrogen and oxygen atoms in total. The molecule has 4 heteroatoms. The summed E-state index contributed by atoms with van der Waals surface area (Å²) in [4.78, 5) is 5.00. The van der Waals surface area contributed by atoms with E-state index in [4.69, 9.17) is 4.99 Å². The van der Waals surface area contributed by atoms with Crippen molar-refractivity contribution in [2.75, 3.05) is 13.1 Å². The van der Waals surface area contributed by atoms with Crippen molar-refractivity contribution in [3.63, 3.8) is 0 Å². The Morgan fingerprint density at radius 1 is 1.11 bits per heavy atom. The fourth-order valence-electron chi connectivity index (χ4n) is 4.42. The molecule has 3 aliphatic rings. The normalized spacial score (nSPS) is 20.7. The first-order valence-electron chi connectivity index (χ1n) is 9.99. The Hall–Kier alpha value is -2.17. The van der Waals surface area contributed by atoms with Crippen LogP contribution >= 0.6 is 0 Å². The summed E-state index contributed by atoms with van der Waals surface area (Å²) in [5.41, 5.74) is 6.53. The monoisotopic (exact) mass is 363 g/mol. The molecule has 0 amide bonds. The Morgan fingerprint density at radius 3 is 2.41 bits per heavy atom. The first kappa shape index (κ1) is 18.2. The van der Waals surface area contributed by atoms with Crippen LogP contribution in [0.3, 0.4) is 0 Å². The molecule has 0 atom stereocenters. The van der Waals surface area contributed by atoms with Gasteiger partial charge in [-0.25, -0.2) is 10.1 Å². The van der Waals surface area contributed by atoms with E-state index >= 15 is 0 Å². The molecule has 1 fully saturated rings. The second-order valence-electron chi connectivity index (χ2n) is 8.17. The van der Waals surface area contributed by atoms with Crippen molar-refractivity contribution in [1.29, 1.82) is 0 Å². The van der Waals surface area contributed by atoms with Crippen LogP contribution < -0.4 is 15.9 Å². The van der Waals surface area contributed by atoms with Gasteiger partial charge in [-0.2, -0.15) is 0 Å². The number of benzene rings is 1. The van der Waals surface area contributed by atoms with Gasteiger partial charge in [-0.05, 0) is 87.0 Å². The first-order valence-corrected chi connectivity index (χ1v) is 9.99. The third-order valence-corrected chi connectivity index (χ3v) is 5.86. The minimum absolute atomic E-state index is 0.385. The predicted molar refractivity (Wildman–Crippen MR) is 108 cm³/mol. The van der Waals surface area contributed by atoms with Crippen molar-refractivity contribution in [3.8, 4) is 0 Å². The quantitative estimate of drug-likeness (QED) is 0.847. The highest BCUT2D eigenvalue weighted by Crippen LogP contribution is 2.31. The van der Waals surface area contributed by atoms with Gasteiger partial charge in [-0.15, -0.1) is 0 Å². The van der Waals surface area contributed by atoms with Crippen LogP contribution in [-0.2, 0) is 0 Å². The standard InChI is InChI=1S/C23H29N3O/c1-14(2)22-20-13-18(17-7-9-24-10-8-17)5-6-21(20)25-23(22)19-11-15(3)26(27)16(4)12-19/h5-6,11-14,17,24,27H,7-10H2,1-4H3. The predicted octanol–water partition coefficient (Wildman–Crippen LogP) is 3.36. The van der Waals surface area contributed by atoms with E-state index in [-0.39, 0.29) is 0 Å². The van der Waals surface area contributed by atoms with Crippen molar-refractivity contribution in [1.82, 2.24) is 10.4 Å². The molecule has 0 aliphatic carbocycles. The molecular formula is C23H29N3O. The van der Waals surface area contributed by atoms with Gasteiger partial charge in [0.05, 0.1) is 11.1 Å². The SMILES string of the molecule is CC1=CC(=C2N=c3ccc(C4CCNCC4)cc3=C2C(C)C)C=C(C)N1O. The van der Waals surface area contributed by atoms with Crippen LogP contribution in [0.4, 0.5) is 0 Å². The van der Waals surface area contributed by atoms with Crippen LogP contribution in [0, 0.1) is 5.92 Å². The largest absolute Gasteiger partial charge is 0.317 e.